The van der Waals surface area contributed by atoms with E-state index in [1.165, 1.54) is 0 Å². The molecule has 4 nitrogen and oxygen atoms in total. The molecule has 0 spiro atoms. The number of sulfone groups is 1. The van der Waals surface area contributed by atoms with Gasteiger partial charge in [0.25, 0.3) is 0 Å². The molecule has 0 amide bonds. The van der Waals surface area contributed by atoms with Crippen LogP contribution >= 0.6 is 0 Å². The third kappa shape index (κ3) is 6.57. The van der Waals surface area contributed by atoms with Crippen LogP contribution in [0.2, 0.25) is 0 Å². The molecule has 0 aromatic carbocycles. The highest BCUT2D eigenvalue weighted by Crippen LogP contribution is 1.98. The van der Waals surface area contributed by atoms with Crippen LogP contribution in [-0.2, 0) is 19.3 Å². The maximum Gasteiger partial charge on any atom is 0.171 e. The van der Waals surface area contributed by atoms with Crippen LogP contribution in [0.4, 0.5) is 0 Å². The van der Waals surface area contributed by atoms with Crippen molar-refractivity contribution in [3.8, 4) is 0 Å². The summed E-state index contributed by atoms with van der Waals surface area (Å²) < 4.78 is 31.8. The predicted octanol–water partition coefficient (Wildman–Crippen LogP) is 0.430. The molecule has 5 heteroatoms. The second kappa shape index (κ2) is 5.50. The Hall–Kier alpha value is -0.130. The van der Waals surface area contributed by atoms with Gasteiger partial charge >= 0.3 is 0 Å². The Labute approximate surface area is 73.8 Å². The zero-order valence-corrected chi connectivity index (χ0v) is 8.56. The van der Waals surface area contributed by atoms with E-state index in [9.17, 15) is 8.42 Å². The van der Waals surface area contributed by atoms with Crippen LogP contribution in [0.1, 0.15) is 13.8 Å². The zero-order chi connectivity index (χ0) is 9.61. The number of ether oxygens (including phenoxy) is 2. The quantitative estimate of drug-likeness (QED) is 0.578. The highest BCUT2D eigenvalue weighted by atomic mass is 32.2. The van der Waals surface area contributed by atoms with Gasteiger partial charge in [-0.1, -0.05) is 0 Å². The molecule has 0 aliphatic carbocycles. The van der Waals surface area contributed by atoms with Crippen molar-refractivity contribution in [2.45, 2.75) is 20.1 Å². The summed E-state index contributed by atoms with van der Waals surface area (Å²) in [6.07, 6.45) is 0.549. The third-order valence-electron chi connectivity index (χ3n) is 1.14. The molecule has 0 aliphatic rings. The van der Waals surface area contributed by atoms with Crippen molar-refractivity contribution in [1.29, 1.82) is 0 Å². The molecule has 0 saturated heterocycles. The van der Waals surface area contributed by atoms with Crippen molar-refractivity contribution < 1.29 is 17.9 Å². The number of hydrogen-bond donors (Lipinski definition) is 0. The van der Waals surface area contributed by atoms with Gasteiger partial charge in [0.15, 0.2) is 16.1 Å². The lowest BCUT2D eigenvalue weighted by atomic mass is 10.7. The second-order valence-electron chi connectivity index (χ2n) is 2.43. The van der Waals surface area contributed by atoms with E-state index in [4.69, 9.17) is 9.47 Å². The van der Waals surface area contributed by atoms with Gasteiger partial charge in [0.05, 0.1) is 0 Å². The topological polar surface area (TPSA) is 52.6 Å². The van der Waals surface area contributed by atoms with E-state index in [-0.39, 0.29) is 5.75 Å². The van der Waals surface area contributed by atoms with E-state index in [0.29, 0.717) is 13.2 Å². The van der Waals surface area contributed by atoms with Crippen molar-refractivity contribution in [3.63, 3.8) is 0 Å². The molecule has 0 N–H and O–H groups in total. The molecule has 0 aliphatic heterocycles. The average molecular weight is 196 g/mol. The van der Waals surface area contributed by atoms with Crippen LogP contribution in [0, 0.1) is 0 Å². The summed E-state index contributed by atoms with van der Waals surface area (Å²) >= 11 is 0. The molecule has 0 rings (SSSR count). The Bertz CT molecular complexity index is 191. The molecule has 0 atom stereocenters. The summed E-state index contributed by atoms with van der Waals surface area (Å²) in [5.74, 6) is -0.0747. The molecule has 0 radical (unpaired) electrons. The monoisotopic (exact) mass is 196 g/mol. The van der Waals surface area contributed by atoms with E-state index in [2.05, 4.69) is 0 Å². The Balaban J connectivity index is 3.95. The van der Waals surface area contributed by atoms with Crippen molar-refractivity contribution >= 4 is 9.84 Å². The number of hydrogen-bond acceptors (Lipinski definition) is 4. The Morgan fingerprint density at radius 3 is 1.83 bits per heavy atom. The molecule has 0 heterocycles. The first kappa shape index (κ1) is 11.9. The van der Waals surface area contributed by atoms with Crippen molar-refractivity contribution in [2.75, 3.05) is 25.2 Å². The molecular formula is C7H16O4S. The highest BCUT2D eigenvalue weighted by Gasteiger charge is 2.14. The van der Waals surface area contributed by atoms with Crippen molar-refractivity contribution in [1.82, 2.24) is 0 Å². The minimum Gasteiger partial charge on any atom is -0.352 e. The second-order valence-corrected chi connectivity index (χ2v) is 4.62. The van der Waals surface area contributed by atoms with E-state index in [1.807, 2.05) is 0 Å². The van der Waals surface area contributed by atoms with Crippen molar-refractivity contribution in [3.05, 3.63) is 0 Å². The van der Waals surface area contributed by atoms with Gasteiger partial charge in [-0.2, -0.15) is 0 Å². The van der Waals surface area contributed by atoms with Gasteiger partial charge < -0.3 is 9.47 Å². The number of rotatable bonds is 6. The Kier molecular flexibility index (Phi) is 5.44. The van der Waals surface area contributed by atoms with Crippen LogP contribution in [0.15, 0.2) is 0 Å². The van der Waals surface area contributed by atoms with Gasteiger partial charge in [0.2, 0.25) is 0 Å². The van der Waals surface area contributed by atoms with Gasteiger partial charge in [-0.3, -0.25) is 0 Å². The minimum atomic E-state index is -3.02. The Morgan fingerprint density at radius 1 is 1.17 bits per heavy atom. The average Bonchev–Trinajstić information content (AvgIpc) is 1.84. The maximum atomic E-state index is 10.8. The fourth-order valence-electron chi connectivity index (χ4n) is 0.763. The summed E-state index contributed by atoms with van der Waals surface area (Å²) in [7, 11) is -3.02. The lowest BCUT2D eigenvalue weighted by Gasteiger charge is -2.15. The molecule has 12 heavy (non-hydrogen) atoms. The normalized spacial score (nSPS) is 12.3. The summed E-state index contributed by atoms with van der Waals surface area (Å²) in [6.45, 7) is 4.52. The summed E-state index contributed by atoms with van der Waals surface area (Å²) in [5, 5.41) is 0. The molecule has 0 bridgehead atoms. The summed E-state index contributed by atoms with van der Waals surface area (Å²) in [5.41, 5.74) is 0. The van der Waals surface area contributed by atoms with Gasteiger partial charge in [-0.25, -0.2) is 8.42 Å². The van der Waals surface area contributed by atoms with Crippen LogP contribution in [0.5, 0.6) is 0 Å². The third-order valence-corrected chi connectivity index (χ3v) is 2.02. The standard InChI is InChI=1S/C7H16O4S/c1-4-10-7(11-5-2)6-12(3,8)9/h7H,4-6H2,1-3H3. The molecule has 0 fully saturated rings. The van der Waals surface area contributed by atoms with E-state index in [1.54, 1.807) is 13.8 Å². The van der Waals surface area contributed by atoms with Crippen LogP contribution in [0.3, 0.4) is 0 Å². The fraction of sp³-hybridized carbons (Fsp3) is 1.00. The fourth-order valence-corrected chi connectivity index (χ4v) is 1.45. The van der Waals surface area contributed by atoms with Gasteiger partial charge in [0, 0.05) is 19.5 Å². The Morgan fingerprint density at radius 2 is 1.58 bits per heavy atom. The maximum absolute atomic E-state index is 10.8. The van der Waals surface area contributed by atoms with Gasteiger partial charge in [-0.15, -0.1) is 0 Å². The molecule has 74 valence electrons. The first-order valence-corrected chi connectivity index (χ1v) is 5.96. The van der Waals surface area contributed by atoms with Crippen LogP contribution in [0.25, 0.3) is 0 Å². The smallest absolute Gasteiger partial charge is 0.171 e. The van der Waals surface area contributed by atoms with E-state index < -0.39 is 16.1 Å². The highest BCUT2D eigenvalue weighted by molar-refractivity contribution is 7.90. The lowest BCUT2D eigenvalue weighted by molar-refractivity contribution is -0.120. The molecule has 0 unspecified atom stereocenters. The predicted molar refractivity (Wildman–Crippen MR) is 46.8 cm³/mol. The molecular weight excluding hydrogens is 180 g/mol. The van der Waals surface area contributed by atoms with Crippen LogP contribution < -0.4 is 0 Å². The molecule has 0 aromatic heterocycles. The van der Waals surface area contributed by atoms with E-state index >= 15 is 0 Å². The largest absolute Gasteiger partial charge is 0.352 e. The molecule has 0 aromatic rings. The van der Waals surface area contributed by atoms with Gasteiger partial charge in [-0.05, 0) is 13.8 Å². The van der Waals surface area contributed by atoms with Gasteiger partial charge in [0.1, 0.15) is 5.75 Å². The van der Waals surface area contributed by atoms with E-state index in [0.717, 1.165) is 6.26 Å². The first-order valence-electron chi connectivity index (χ1n) is 3.90. The first-order chi connectivity index (χ1) is 5.49. The SMILES string of the molecule is CCOC(CS(C)(=O)=O)OCC. The van der Waals surface area contributed by atoms with Crippen LogP contribution in [-0.4, -0.2) is 39.9 Å². The zero-order valence-electron chi connectivity index (χ0n) is 7.74. The molecule has 0 saturated carbocycles. The lowest BCUT2D eigenvalue weighted by Crippen LogP contribution is -2.26. The summed E-state index contributed by atoms with van der Waals surface area (Å²) in [6, 6.07) is 0. The van der Waals surface area contributed by atoms with Crippen molar-refractivity contribution in [2.24, 2.45) is 0 Å². The summed E-state index contributed by atoms with van der Waals surface area (Å²) in [4.78, 5) is 0. The minimum absolute atomic E-state index is 0.0747.